The molecule has 1 aliphatic rings. The average molecular weight is 484 g/mol. The smallest absolute Gasteiger partial charge is 0.258 e. The maximum absolute atomic E-state index is 13.2. The molecule has 1 heterocycles. The fourth-order valence-electron chi connectivity index (χ4n) is 3.29. The van der Waals surface area contributed by atoms with Crippen molar-refractivity contribution in [2.45, 2.75) is 47.5 Å². The van der Waals surface area contributed by atoms with Crippen LogP contribution in [0.3, 0.4) is 0 Å². The van der Waals surface area contributed by atoms with Crippen molar-refractivity contribution in [1.29, 1.82) is 0 Å². The molecule has 1 amide bonds. The molecule has 0 aliphatic heterocycles. The van der Waals surface area contributed by atoms with E-state index in [0.717, 1.165) is 28.9 Å². The van der Waals surface area contributed by atoms with Crippen LogP contribution in [0.1, 0.15) is 34.3 Å². The molecule has 0 unspecified atom stereocenters. The van der Waals surface area contributed by atoms with Crippen molar-refractivity contribution >= 4 is 33.4 Å². The molecule has 7 nitrogen and oxygen atoms in total. The van der Waals surface area contributed by atoms with Gasteiger partial charge in [0.05, 0.1) is 23.3 Å². The summed E-state index contributed by atoms with van der Waals surface area (Å²) >= 11 is 1.41. The molecule has 0 atom stereocenters. The number of hydrogen-bond acceptors (Lipinski definition) is 6. The topological polar surface area (TPSA) is 97.4 Å². The Morgan fingerprint density at radius 1 is 1.12 bits per heavy atom. The molecule has 2 N–H and O–H groups in total. The highest BCUT2D eigenvalue weighted by Gasteiger charge is 2.28. The number of carbonyl (C=O) groups is 1. The highest BCUT2D eigenvalue weighted by atomic mass is 32.2. The van der Waals surface area contributed by atoms with E-state index < -0.39 is 15.9 Å². The first-order valence-electron chi connectivity index (χ1n) is 10.5. The van der Waals surface area contributed by atoms with Gasteiger partial charge in [-0.1, -0.05) is 29.5 Å². The lowest BCUT2D eigenvalue weighted by molar-refractivity contribution is 0.102. The number of nitrogens with zero attached hydrogens (tertiary/aromatic N) is 1. The lowest BCUT2D eigenvalue weighted by Crippen LogP contribution is -2.26. The van der Waals surface area contributed by atoms with Crippen LogP contribution in [0, 0.1) is 13.8 Å². The predicted molar refractivity (Wildman–Crippen MR) is 129 cm³/mol. The van der Waals surface area contributed by atoms with Gasteiger partial charge < -0.3 is 10.1 Å². The van der Waals surface area contributed by atoms with Crippen molar-refractivity contribution in [1.82, 2.24) is 9.71 Å². The molecule has 1 fully saturated rings. The Balaban J connectivity index is 1.61. The van der Waals surface area contributed by atoms with Crippen molar-refractivity contribution in [3.63, 3.8) is 0 Å². The summed E-state index contributed by atoms with van der Waals surface area (Å²) in [7, 11) is -2.21. The zero-order valence-corrected chi connectivity index (χ0v) is 20.2. The summed E-state index contributed by atoms with van der Waals surface area (Å²) < 4.78 is 33.2. The van der Waals surface area contributed by atoms with Gasteiger partial charge in [-0.25, -0.2) is 18.1 Å². The Hall–Kier alpha value is -2.88. The summed E-state index contributed by atoms with van der Waals surface area (Å²) in [4.78, 5) is 18.7. The summed E-state index contributed by atoms with van der Waals surface area (Å²) in [5.74, 6) is -0.0421. The van der Waals surface area contributed by atoms with E-state index in [1.54, 1.807) is 18.3 Å². The molecule has 9 heteroatoms. The standard InChI is InChI=1S/C24H25N3O4S2/c1-15-6-11-22(16(2)13-15)32-24-19(5-4-12-25-24)23(28)26-20-14-18(9-10-21(20)31-3)33(29,30)27-17-7-8-17/h4-6,9-14,17,27H,7-8H2,1-3H3,(H,26,28). The monoisotopic (exact) mass is 483 g/mol. The largest absolute Gasteiger partial charge is 0.495 e. The van der Waals surface area contributed by atoms with E-state index in [9.17, 15) is 13.2 Å². The lowest BCUT2D eigenvalue weighted by Gasteiger charge is -2.14. The highest BCUT2D eigenvalue weighted by molar-refractivity contribution is 7.99. The first-order chi connectivity index (χ1) is 15.8. The normalized spacial score (nSPS) is 13.5. The van der Waals surface area contributed by atoms with Crippen LogP contribution in [0.15, 0.2) is 69.5 Å². The van der Waals surface area contributed by atoms with Gasteiger partial charge in [0, 0.05) is 17.1 Å². The van der Waals surface area contributed by atoms with Gasteiger partial charge in [0.2, 0.25) is 10.0 Å². The van der Waals surface area contributed by atoms with Gasteiger partial charge in [-0.15, -0.1) is 0 Å². The number of rotatable bonds is 8. The van der Waals surface area contributed by atoms with E-state index in [0.29, 0.717) is 16.3 Å². The number of amides is 1. The number of anilines is 1. The summed E-state index contributed by atoms with van der Waals surface area (Å²) in [5, 5.41) is 3.36. The van der Waals surface area contributed by atoms with Crippen LogP contribution in [0.2, 0.25) is 0 Å². The van der Waals surface area contributed by atoms with Crippen LogP contribution < -0.4 is 14.8 Å². The summed E-state index contributed by atoms with van der Waals surface area (Å²) in [6.07, 6.45) is 3.31. The number of aromatic nitrogens is 1. The van der Waals surface area contributed by atoms with Crippen LogP contribution in [-0.4, -0.2) is 32.5 Å². The van der Waals surface area contributed by atoms with E-state index in [1.807, 2.05) is 26.0 Å². The third-order valence-electron chi connectivity index (χ3n) is 5.18. The second-order valence-corrected chi connectivity index (χ2v) is 10.7. The molecule has 0 radical (unpaired) electrons. The van der Waals surface area contributed by atoms with Crippen LogP contribution in [0.25, 0.3) is 0 Å². The van der Waals surface area contributed by atoms with Gasteiger partial charge in [-0.2, -0.15) is 0 Å². The van der Waals surface area contributed by atoms with Crippen molar-refractivity contribution in [3.05, 3.63) is 71.4 Å². The van der Waals surface area contributed by atoms with E-state index in [-0.39, 0.29) is 16.6 Å². The number of ether oxygens (including phenoxy) is 1. The van der Waals surface area contributed by atoms with Gasteiger partial charge >= 0.3 is 0 Å². The molecule has 3 aromatic rings. The number of carbonyl (C=O) groups excluding carboxylic acids is 1. The average Bonchev–Trinajstić information content (AvgIpc) is 3.59. The molecule has 0 bridgehead atoms. The number of methoxy groups -OCH3 is 1. The predicted octanol–water partition coefficient (Wildman–Crippen LogP) is 4.55. The highest BCUT2D eigenvalue weighted by Crippen LogP contribution is 2.33. The third kappa shape index (κ3) is 5.55. The summed E-state index contributed by atoms with van der Waals surface area (Å²) in [6.45, 7) is 4.05. The van der Waals surface area contributed by atoms with Gasteiger partial charge in [0.15, 0.2) is 0 Å². The first-order valence-corrected chi connectivity index (χ1v) is 12.8. The molecular weight excluding hydrogens is 458 g/mol. The zero-order valence-electron chi connectivity index (χ0n) is 18.6. The van der Waals surface area contributed by atoms with Crippen LogP contribution in [0.5, 0.6) is 5.75 Å². The number of pyridine rings is 1. The van der Waals surface area contributed by atoms with E-state index >= 15 is 0 Å². The van der Waals surface area contributed by atoms with Gasteiger partial charge in [0.1, 0.15) is 10.8 Å². The molecule has 33 heavy (non-hydrogen) atoms. The summed E-state index contributed by atoms with van der Waals surface area (Å²) in [6, 6.07) is 13.9. The Kier molecular flexibility index (Phi) is 6.73. The number of sulfonamides is 1. The van der Waals surface area contributed by atoms with E-state index in [2.05, 4.69) is 21.1 Å². The van der Waals surface area contributed by atoms with Gasteiger partial charge in [-0.05, 0) is 68.7 Å². The van der Waals surface area contributed by atoms with Crippen LogP contribution >= 0.6 is 11.8 Å². The lowest BCUT2D eigenvalue weighted by atomic mass is 10.2. The zero-order chi connectivity index (χ0) is 23.6. The third-order valence-corrected chi connectivity index (χ3v) is 7.90. The molecule has 172 valence electrons. The number of nitrogens with one attached hydrogen (secondary N) is 2. The summed E-state index contributed by atoms with van der Waals surface area (Å²) in [5.41, 5.74) is 2.91. The Bertz CT molecular complexity index is 1300. The minimum Gasteiger partial charge on any atom is -0.495 e. The fourth-order valence-corrected chi connectivity index (χ4v) is 5.57. The van der Waals surface area contributed by atoms with E-state index in [1.165, 1.54) is 37.1 Å². The van der Waals surface area contributed by atoms with E-state index in [4.69, 9.17) is 4.74 Å². The minimum absolute atomic E-state index is 0.0182. The van der Waals surface area contributed by atoms with Crippen molar-refractivity contribution in [2.75, 3.05) is 12.4 Å². The van der Waals surface area contributed by atoms with Crippen molar-refractivity contribution in [3.8, 4) is 5.75 Å². The van der Waals surface area contributed by atoms with Crippen molar-refractivity contribution in [2.24, 2.45) is 0 Å². The number of hydrogen-bond donors (Lipinski definition) is 2. The second kappa shape index (κ2) is 9.54. The SMILES string of the molecule is COc1ccc(S(=O)(=O)NC2CC2)cc1NC(=O)c1cccnc1Sc1ccc(C)cc1C. The molecular formula is C24H25N3O4S2. The quantitative estimate of drug-likeness (QED) is 0.488. The fraction of sp³-hybridized carbons (Fsp3) is 0.250. The molecule has 1 aliphatic carbocycles. The Labute approximate surface area is 198 Å². The molecule has 0 saturated heterocycles. The molecule has 2 aromatic carbocycles. The number of benzene rings is 2. The molecule has 1 saturated carbocycles. The maximum Gasteiger partial charge on any atom is 0.258 e. The van der Waals surface area contributed by atoms with Crippen LogP contribution in [0.4, 0.5) is 5.69 Å². The first kappa shape index (κ1) is 23.3. The molecule has 1 aromatic heterocycles. The molecule has 4 rings (SSSR count). The number of aryl methyl sites for hydroxylation is 2. The molecule has 0 spiro atoms. The Morgan fingerprint density at radius 3 is 2.61 bits per heavy atom. The van der Waals surface area contributed by atoms with Gasteiger partial charge in [-0.3, -0.25) is 4.79 Å². The maximum atomic E-state index is 13.2. The Morgan fingerprint density at radius 2 is 1.91 bits per heavy atom. The van der Waals surface area contributed by atoms with Gasteiger partial charge in [0.25, 0.3) is 5.91 Å². The minimum atomic E-state index is -3.68. The van der Waals surface area contributed by atoms with Crippen molar-refractivity contribution < 1.29 is 17.9 Å². The second-order valence-electron chi connectivity index (χ2n) is 7.94. The van der Waals surface area contributed by atoms with Crippen LogP contribution in [-0.2, 0) is 10.0 Å².